The highest BCUT2D eigenvalue weighted by molar-refractivity contribution is 5.63. The Morgan fingerprint density at radius 1 is 1.15 bits per heavy atom. The van der Waals surface area contributed by atoms with Crippen LogP contribution < -0.4 is 5.32 Å². The van der Waals surface area contributed by atoms with Crippen LogP contribution in [0, 0.1) is 6.92 Å². The number of rotatable bonds is 4. The van der Waals surface area contributed by atoms with E-state index in [1.807, 2.05) is 31.5 Å². The number of anilines is 1. The molecule has 0 spiro atoms. The molecule has 3 aromatic rings. The van der Waals surface area contributed by atoms with Crippen molar-refractivity contribution in [2.45, 2.75) is 32.1 Å². The number of hydrogen-bond donors (Lipinski definition) is 2. The molecule has 0 bridgehead atoms. The summed E-state index contributed by atoms with van der Waals surface area (Å²) >= 11 is 0. The van der Waals surface area contributed by atoms with Crippen molar-refractivity contribution in [3.8, 4) is 0 Å². The first-order valence-corrected chi connectivity index (χ1v) is 9.39. The summed E-state index contributed by atoms with van der Waals surface area (Å²) in [5.74, 6) is 1.76. The molecular formula is C20H23N7. The van der Waals surface area contributed by atoms with Gasteiger partial charge >= 0.3 is 0 Å². The standard InChI is InChI=1S/C20H23N7/c1-15-13-18(24-23-15)22-20-25-11-6-10-19(25)21-14-27(20)26-12-5-9-17(26)16-7-3-2-4-8-16/h2-4,6-8,10-11,13-14,17,20H,5,9,12H2,1H3,(H2,22,23,24). The molecule has 1 saturated heterocycles. The molecule has 27 heavy (non-hydrogen) atoms. The molecule has 2 N–H and O–H groups in total. The molecule has 7 heteroatoms. The average Bonchev–Trinajstić information content (AvgIpc) is 3.43. The first-order chi connectivity index (χ1) is 13.3. The first kappa shape index (κ1) is 16.1. The number of fused-ring (bicyclic) bond motifs is 1. The van der Waals surface area contributed by atoms with Gasteiger partial charge in [0.1, 0.15) is 12.2 Å². The summed E-state index contributed by atoms with van der Waals surface area (Å²) in [4.78, 5) is 4.66. The lowest BCUT2D eigenvalue weighted by Crippen LogP contribution is -2.49. The second-order valence-electron chi connectivity index (χ2n) is 7.08. The maximum absolute atomic E-state index is 4.66. The van der Waals surface area contributed by atoms with Crippen LogP contribution in [0.3, 0.4) is 0 Å². The van der Waals surface area contributed by atoms with Crippen LogP contribution in [0.2, 0.25) is 0 Å². The van der Waals surface area contributed by atoms with E-state index in [0.717, 1.165) is 36.7 Å². The van der Waals surface area contributed by atoms with Crippen molar-refractivity contribution in [1.82, 2.24) is 24.8 Å². The number of aliphatic imine (C=N–C) groups is 1. The summed E-state index contributed by atoms with van der Waals surface area (Å²) in [7, 11) is 0. The van der Waals surface area contributed by atoms with Gasteiger partial charge in [0.05, 0.1) is 6.04 Å². The Hall–Kier alpha value is -3.06. The topological polar surface area (TPSA) is 64.5 Å². The third kappa shape index (κ3) is 2.90. The molecule has 4 heterocycles. The number of aromatic amines is 1. The van der Waals surface area contributed by atoms with Crippen LogP contribution in [-0.4, -0.2) is 37.7 Å². The van der Waals surface area contributed by atoms with Gasteiger partial charge in [-0.25, -0.2) is 10.0 Å². The lowest BCUT2D eigenvalue weighted by molar-refractivity contribution is -0.0185. The number of hydrogen-bond acceptors (Lipinski definition) is 5. The Bertz CT molecular complexity index is 942. The molecule has 0 saturated carbocycles. The van der Waals surface area contributed by atoms with Gasteiger partial charge in [0.2, 0.25) is 0 Å². The molecule has 1 fully saturated rings. The third-order valence-corrected chi connectivity index (χ3v) is 5.27. The van der Waals surface area contributed by atoms with Crippen LogP contribution in [0.1, 0.15) is 36.4 Å². The van der Waals surface area contributed by atoms with E-state index in [0.29, 0.717) is 6.04 Å². The lowest BCUT2D eigenvalue weighted by Gasteiger charge is -2.42. The lowest BCUT2D eigenvalue weighted by atomic mass is 10.1. The summed E-state index contributed by atoms with van der Waals surface area (Å²) in [6.45, 7) is 3.01. The van der Waals surface area contributed by atoms with Crippen molar-refractivity contribution in [2.24, 2.45) is 4.99 Å². The normalized spacial score (nSPS) is 22.2. The second kappa shape index (κ2) is 6.59. The zero-order chi connectivity index (χ0) is 18.2. The van der Waals surface area contributed by atoms with Gasteiger partial charge in [0.25, 0.3) is 0 Å². The van der Waals surface area contributed by atoms with E-state index in [1.165, 1.54) is 5.56 Å². The predicted octanol–water partition coefficient (Wildman–Crippen LogP) is 3.82. The second-order valence-corrected chi connectivity index (χ2v) is 7.08. The number of nitrogens with zero attached hydrogens (tertiary/aromatic N) is 5. The van der Waals surface area contributed by atoms with Crippen molar-refractivity contribution in [2.75, 3.05) is 11.9 Å². The minimum Gasteiger partial charge on any atom is -0.330 e. The van der Waals surface area contributed by atoms with E-state index in [2.05, 4.69) is 71.6 Å². The van der Waals surface area contributed by atoms with Crippen molar-refractivity contribution in [3.05, 3.63) is 66.0 Å². The van der Waals surface area contributed by atoms with Gasteiger partial charge in [-0.15, -0.1) is 0 Å². The molecule has 138 valence electrons. The van der Waals surface area contributed by atoms with Gasteiger partial charge in [-0.1, -0.05) is 30.3 Å². The van der Waals surface area contributed by atoms with Crippen LogP contribution in [-0.2, 0) is 0 Å². The molecule has 5 rings (SSSR count). The van der Waals surface area contributed by atoms with Gasteiger partial charge in [0.15, 0.2) is 12.1 Å². The number of H-pyrrole nitrogens is 1. The minimum absolute atomic E-state index is 0.112. The molecule has 7 nitrogen and oxygen atoms in total. The summed E-state index contributed by atoms with van der Waals surface area (Å²) in [5, 5.41) is 15.6. The number of aromatic nitrogens is 3. The maximum atomic E-state index is 4.66. The van der Waals surface area contributed by atoms with E-state index in [1.54, 1.807) is 0 Å². The molecule has 2 atom stereocenters. The van der Waals surface area contributed by atoms with Crippen molar-refractivity contribution in [3.63, 3.8) is 0 Å². The Kier molecular flexibility index (Phi) is 3.94. The quantitative estimate of drug-likeness (QED) is 0.742. The number of aryl methyl sites for hydroxylation is 1. The minimum atomic E-state index is -0.112. The molecule has 2 aliphatic rings. The summed E-state index contributed by atoms with van der Waals surface area (Å²) in [6, 6.07) is 17.1. The predicted molar refractivity (Wildman–Crippen MR) is 106 cm³/mol. The van der Waals surface area contributed by atoms with Gasteiger partial charge in [-0.2, -0.15) is 5.10 Å². The highest BCUT2D eigenvalue weighted by Gasteiger charge is 2.36. The zero-order valence-corrected chi connectivity index (χ0v) is 15.3. The van der Waals surface area contributed by atoms with Gasteiger partial charge in [-0.05, 0) is 37.5 Å². The van der Waals surface area contributed by atoms with E-state index in [4.69, 9.17) is 0 Å². The highest BCUT2D eigenvalue weighted by atomic mass is 15.7. The van der Waals surface area contributed by atoms with Crippen LogP contribution >= 0.6 is 0 Å². The Labute approximate surface area is 158 Å². The maximum Gasteiger partial charge on any atom is 0.199 e. The van der Waals surface area contributed by atoms with Crippen LogP contribution in [0.5, 0.6) is 0 Å². The monoisotopic (exact) mass is 361 g/mol. The fourth-order valence-corrected chi connectivity index (χ4v) is 4.02. The number of benzene rings is 1. The Morgan fingerprint density at radius 2 is 2.04 bits per heavy atom. The fourth-order valence-electron chi connectivity index (χ4n) is 4.02. The largest absolute Gasteiger partial charge is 0.330 e. The molecule has 2 aliphatic heterocycles. The van der Waals surface area contributed by atoms with E-state index >= 15 is 0 Å². The molecule has 1 aromatic carbocycles. The summed E-state index contributed by atoms with van der Waals surface area (Å²) in [6.07, 6.45) is 6.19. The SMILES string of the molecule is Cc1cc(NC2N(N3CCCC3c3ccccc3)C=Nc3cccn32)n[nH]1. The van der Waals surface area contributed by atoms with Gasteiger partial charge in [-0.3, -0.25) is 14.7 Å². The highest BCUT2D eigenvalue weighted by Crippen LogP contribution is 2.37. The fraction of sp³-hybridized carbons (Fsp3) is 0.300. The molecule has 0 aliphatic carbocycles. The Balaban J connectivity index is 1.49. The Morgan fingerprint density at radius 3 is 2.85 bits per heavy atom. The summed E-state index contributed by atoms with van der Waals surface area (Å²) < 4.78 is 2.14. The first-order valence-electron chi connectivity index (χ1n) is 9.39. The van der Waals surface area contributed by atoms with Gasteiger partial charge in [0, 0.05) is 24.5 Å². The summed E-state index contributed by atoms with van der Waals surface area (Å²) in [5.41, 5.74) is 2.38. The van der Waals surface area contributed by atoms with E-state index < -0.39 is 0 Å². The number of nitrogens with one attached hydrogen (secondary N) is 2. The van der Waals surface area contributed by atoms with Crippen molar-refractivity contribution >= 4 is 18.0 Å². The molecule has 2 unspecified atom stereocenters. The average molecular weight is 361 g/mol. The van der Waals surface area contributed by atoms with E-state index in [-0.39, 0.29) is 6.29 Å². The molecule has 0 amide bonds. The van der Waals surface area contributed by atoms with Crippen LogP contribution in [0.25, 0.3) is 0 Å². The molecular weight excluding hydrogens is 338 g/mol. The molecule has 2 aromatic heterocycles. The number of hydrazine groups is 1. The van der Waals surface area contributed by atoms with Gasteiger partial charge < -0.3 is 5.32 Å². The third-order valence-electron chi connectivity index (χ3n) is 5.27. The zero-order valence-electron chi connectivity index (χ0n) is 15.3. The van der Waals surface area contributed by atoms with E-state index in [9.17, 15) is 0 Å². The smallest absolute Gasteiger partial charge is 0.199 e. The molecule has 0 radical (unpaired) electrons. The van der Waals surface area contributed by atoms with Crippen molar-refractivity contribution in [1.29, 1.82) is 0 Å². The van der Waals surface area contributed by atoms with Crippen LogP contribution in [0.15, 0.2) is 59.7 Å². The van der Waals surface area contributed by atoms with Crippen LogP contribution in [0.4, 0.5) is 11.6 Å². The van der Waals surface area contributed by atoms with Crippen molar-refractivity contribution < 1.29 is 0 Å².